The predicted molar refractivity (Wildman–Crippen MR) is 80.5 cm³/mol. The molecule has 0 atom stereocenters. The van der Waals surface area contributed by atoms with Crippen LogP contribution in [0.15, 0.2) is 30.0 Å². The molecule has 1 N–H and O–H groups in total. The molecule has 0 amide bonds. The first kappa shape index (κ1) is 16.5. The van der Waals surface area contributed by atoms with Crippen LogP contribution >= 0.6 is 0 Å². The first-order valence-corrected chi connectivity index (χ1v) is 6.86. The molecule has 0 unspecified atom stereocenters. The molecule has 1 saturated heterocycles. The zero-order valence-electron chi connectivity index (χ0n) is 13.3. The number of aryl methyl sites for hydroxylation is 1. The normalized spacial score (nSPS) is 16.3. The Morgan fingerprint density at radius 2 is 1.83 bits per heavy atom. The predicted octanol–water partition coefficient (Wildman–Crippen LogP) is 1.91. The van der Waals surface area contributed by atoms with Crippen LogP contribution in [0.4, 0.5) is 5.69 Å². The van der Waals surface area contributed by atoms with Gasteiger partial charge >= 0.3 is 17.9 Å². The fourth-order valence-electron chi connectivity index (χ4n) is 1.98. The van der Waals surface area contributed by atoms with Gasteiger partial charge < -0.3 is 19.5 Å². The second-order valence-corrected chi connectivity index (χ2v) is 5.40. The van der Waals surface area contributed by atoms with Crippen LogP contribution in [0, 0.1) is 6.92 Å². The summed E-state index contributed by atoms with van der Waals surface area (Å²) in [6.45, 7) is 4.71. The molecule has 0 aromatic heterocycles. The van der Waals surface area contributed by atoms with Crippen LogP contribution in [0.2, 0.25) is 0 Å². The standard InChI is InChI=1S/C16H17NO6/c1-9-5-6-10(7-11(9)13(18)21-4)17-8-12-14(19)22-16(2,3)23-15(12)20/h5-8,17H,1-4H3. The quantitative estimate of drug-likeness (QED) is 0.517. The molecule has 2 rings (SSSR count). The average molecular weight is 319 g/mol. The highest BCUT2D eigenvalue weighted by molar-refractivity contribution is 6.15. The molecule has 1 aromatic rings. The number of hydrogen-bond donors (Lipinski definition) is 1. The molecule has 7 heteroatoms. The molecule has 0 aliphatic carbocycles. The molecule has 1 aliphatic heterocycles. The largest absolute Gasteiger partial charge is 0.465 e. The van der Waals surface area contributed by atoms with E-state index in [2.05, 4.69) is 5.32 Å². The summed E-state index contributed by atoms with van der Waals surface area (Å²) >= 11 is 0. The second-order valence-electron chi connectivity index (χ2n) is 5.40. The van der Waals surface area contributed by atoms with Gasteiger partial charge in [-0.2, -0.15) is 0 Å². The van der Waals surface area contributed by atoms with Crippen molar-refractivity contribution >= 4 is 23.6 Å². The van der Waals surface area contributed by atoms with Gasteiger partial charge in [-0.3, -0.25) is 0 Å². The van der Waals surface area contributed by atoms with Gasteiger partial charge in [0, 0.05) is 25.7 Å². The number of carbonyl (C=O) groups excluding carboxylic acids is 3. The van der Waals surface area contributed by atoms with Gasteiger partial charge in [0.2, 0.25) is 0 Å². The van der Waals surface area contributed by atoms with Gasteiger partial charge in [0.15, 0.2) is 5.57 Å². The summed E-state index contributed by atoms with van der Waals surface area (Å²) in [5.41, 5.74) is 1.37. The molecule has 1 fully saturated rings. The highest BCUT2D eigenvalue weighted by Gasteiger charge is 2.38. The minimum atomic E-state index is -1.28. The van der Waals surface area contributed by atoms with Gasteiger partial charge in [-0.15, -0.1) is 0 Å². The van der Waals surface area contributed by atoms with E-state index in [1.165, 1.54) is 27.2 Å². The summed E-state index contributed by atoms with van der Waals surface area (Å²) in [5.74, 6) is -3.32. The number of nitrogens with one attached hydrogen (secondary N) is 1. The highest BCUT2D eigenvalue weighted by Crippen LogP contribution is 2.23. The summed E-state index contributed by atoms with van der Waals surface area (Å²) in [4.78, 5) is 35.3. The minimum Gasteiger partial charge on any atom is -0.465 e. The topological polar surface area (TPSA) is 90.9 Å². The van der Waals surface area contributed by atoms with Crippen LogP contribution in [0.25, 0.3) is 0 Å². The lowest BCUT2D eigenvalue weighted by atomic mass is 10.1. The van der Waals surface area contributed by atoms with Crippen LogP contribution in [0.3, 0.4) is 0 Å². The Labute approximate surface area is 133 Å². The van der Waals surface area contributed by atoms with Crippen LogP contribution in [0.1, 0.15) is 29.8 Å². The zero-order valence-corrected chi connectivity index (χ0v) is 13.3. The third-order valence-corrected chi connectivity index (χ3v) is 3.14. The van der Waals surface area contributed by atoms with E-state index >= 15 is 0 Å². The molecule has 23 heavy (non-hydrogen) atoms. The highest BCUT2D eigenvalue weighted by atomic mass is 16.7. The SMILES string of the molecule is COC(=O)c1cc(NC=C2C(=O)OC(C)(C)OC2=O)ccc1C. The van der Waals surface area contributed by atoms with E-state index in [-0.39, 0.29) is 5.57 Å². The van der Waals surface area contributed by atoms with Crippen LogP contribution < -0.4 is 5.32 Å². The fourth-order valence-corrected chi connectivity index (χ4v) is 1.98. The maximum atomic E-state index is 11.8. The van der Waals surface area contributed by atoms with Crippen LogP contribution in [0.5, 0.6) is 0 Å². The van der Waals surface area contributed by atoms with Crippen molar-refractivity contribution in [3.63, 3.8) is 0 Å². The van der Waals surface area contributed by atoms with E-state index in [0.29, 0.717) is 11.3 Å². The maximum Gasteiger partial charge on any atom is 0.350 e. The first-order chi connectivity index (χ1) is 10.7. The Hall–Kier alpha value is -2.83. The van der Waals surface area contributed by atoms with Gasteiger partial charge in [0.25, 0.3) is 5.79 Å². The molecule has 0 bridgehead atoms. The lowest BCUT2D eigenvalue weighted by molar-refractivity contribution is -0.222. The number of esters is 3. The van der Waals surface area contributed by atoms with Crippen molar-refractivity contribution in [1.82, 2.24) is 0 Å². The lowest BCUT2D eigenvalue weighted by Gasteiger charge is -2.29. The smallest absolute Gasteiger partial charge is 0.350 e. The number of anilines is 1. The van der Waals surface area contributed by atoms with Gasteiger partial charge in [0.05, 0.1) is 12.7 Å². The summed E-state index contributed by atoms with van der Waals surface area (Å²) in [6.07, 6.45) is 1.19. The van der Waals surface area contributed by atoms with E-state index in [9.17, 15) is 14.4 Å². The maximum absolute atomic E-state index is 11.8. The van der Waals surface area contributed by atoms with E-state index in [0.717, 1.165) is 5.56 Å². The van der Waals surface area contributed by atoms with E-state index in [1.54, 1.807) is 25.1 Å². The first-order valence-electron chi connectivity index (χ1n) is 6.86. The van der Waals surface area contributed by atoms with Gasteiger partial charge in [-0.1, -0.05) is 6.07 Å². The molecule has 1 aromatic carbocycles. The molecular weight excluding hydrogens is 302 g/mol. The summed E-state index contributed by atoms with van der Waals surface area (Å²) in [6, 6.07) is 4.97. The van der Waals surface area contributed by atoms with E-state index in [1.807, 2.05) is 0 Å². The van der Waals surface area contributed by atoms with Crippen LogP contribution in [-0.4, -0.2) is 30.8 Å². The van der Waals surface area contributed by atoms with E-state index in [4.69, 9.17) is 14.2 Å². The zero-order chi connectivity index (χ0) is 17.2. The number of benzene rings is 1. The van der Waals surface area contributed by atoms with Crippen molar-refractivity contribution in [2.45, 2.75) is 26.6 Å². The lowest BCUT2D eigenvalue weighted by Crippen LogP contribution is -2.42. The van der Waals surface area contributed by atoms with Crippen molar-refractivity contribution in [3.8, 4) is 0 Å². The van der Waals surface area contributed by atoms with Crippen molar-refractivity contribution in [2.75, 3.05) is 12.4 Å². The minimum absolute atomic E-state index is 0.260. The summed E-state index contributed by atoms with van der Waals surface area (Å²) in [5, 5.41) is 2.78. The summed E-state index contributed by atoms with van der Waals surface area (Å²) < 4.78 is 14.7. The van der Waals surface area contributed by atoms with Crippen molar-refractivity contribution in [3.05, 3.63) is 41.1 Å². The molecule has 1 heterocycles. The summed E-state index contributed by atoms with van der Waals surface area (Å²) in [7, 11) is 1.29. The molecule has 0 saturated carbocycles. The Morgan fingerprint density at radius 3 is 2.39 bits per heavy atom. The monoisotopic (exact) mass is 319 g/mol. The number of methoxy groups -OCH3 is 1. The molecule has 1 aliphatic rings. The number of rotatable bonds is 3. The Balaban J connectivity index is 2.22. The van der Waals surface area contributed by atoms with Crippen LogP contribution in [-0.2, 0) is 23.8 Å². The van der Waals surface area contributed by atoms with E-state index < -0.39 is 23.7 Å². The second kappa shape index (κ2) is 6.12. The van der Waals surface area contributed by atoms with Crippen molar-refractivity contribution < 1.29 is 28.6 Å². The van der Waals surface area contributed by atoms with Gasteiger partial charge in [-0.25, -0.2) is 14.4 Å². The Morgan fingerprint density at radius 1 is 1.22 bits per heavy atom. The Bertz CT molecular complexity index is 683. The number of ether oxygens (including phenoxy) is 3. The molecule has 7 nitrogen and oxygen atoms in total. The fraction of sp³-hybridized carbons (Fsp3) is 0.312. The Kier molecular flexibility index (Phi) is 4.40. The molecular formula is C16H17NO6. The molecule has 0 spiro atoms. The molecule has 0 radical (unpaired) electrons. The van der Waals surface area contributed by atoms with Crippen molar-refractivity contribution in [1.29, 1.82) is 0 Å². The average Bonchev–Trinajstić information content (AvgIpc) is 2.46. The molecule has 122 valence electrons. The third kappa shape index (κ3) is 3.68. The third-order valence-electron chi connectivity index (χ3n) is 3.14. The number of hydrogen-bond acceptors (Lipinski definition) is 7. The van der Waals surface area contributed by atoms with Crippen molar-refractivity contribution in [2.24, 2.45) is 0 Å². The number of cyclic esters (lactones) is 2. The number of carbonyl (C=O) groups is 3. The van der Waals surface area contributed by atoms with Gasteiger partial charge in [-0.05, 0) is 24.6 Å². The van der Waals surface area contributed by atoms with Gasteiger partial charge in [0.1, 0.15) is 0 Å².